The van der Waals surface area contributed by atoms with Crippen molar-refractivity contribution in [3.05, 3.63) is 81.7 Å². The third-order valence-electron chi connectivity index (χ3n) is 3.68. The van der Waals surface area contributed by atoms with Gasteiger partial charge >= 0.3 is 0 Å². The first-order valence-electron chi connectivity index (χ1n) is 7.74. The van der Waals surface area contributed by atoms with Crippen molar-refractivity contribution in [3.8, 4) is 12.1 Å². The highest BCUT2D eigenvalue weighted by Gasteiger charge is 2.07. The second kappa shape index (κ2) is 8.75. The van der Waals surface area contributed by atoms with Crippen LogP contribution in [0.2, 0.25) is 0 Å². The first kappa shape index (κ1) is 18.4. The van der Waals surface area contributed by atoms with Crippen molar-refractivity contribution in [1.29, 1.82) is 10.5 Å². The summed E-state index contributed by atoms with van der Waals surface area (Å²) in [5.74, 6) is 0. The Labute approximate surface area is 152 Å². The van der Waals surface area contributed by atoms with Gasteiger partial charge in [0.15, 0.2) is 0 Å². The van der Waals surface area contributed by atoms with Gasteiger partial charge in [-0.2, -0.15) is 10.5 Å². The van der Waals surface area contributed by atoms with Gasteiger partial charge in [-0.05, 0) is 28.8 Å². The fraction of sp³-hybridized carbons (Fsp3) is 0.100. The summed E-state index contributed by atoms with van der Waals surface area (Å²) in [5, 5.41) is 22.1. The monoisotopic (exact) mass is 340 g/mol. The molecule has 2 aromatic carbocycles. The van der Waals surface area contributed by atoms with Crippen LogP contribution in [-0.2, 0) is 0 Å². The molecule has 0 unspecified atom stereocenters. The van der Waals surface area contributed by atoms with Gasteiger partial charge in [0, 0.05) is 36.0 Å². The van der Waals surface area contributed by atoms with Crippen LogP contribution >= 0.6 is 0 Å². The molecule has 0 amide bonds. The van der Waals surface area contributed by atoms with E-state index >= 15 is 0 Å². The molecule has 126 valence electrons. The number of anilines is 1. The molecule has 0 atom stereocenters. The van der Waals surface area contributed by atoms with Gasteiger partial charge in [-0.3, -0.25) is 0 Å². The summed E-state index contributed by atoms with van der Waals surface area (Å²) in [6.07, 6.45) is 3.55. The average Bonchev–Trinajstić information content (AvgIpc) is 2.66. The highest BCUT2D eigenvalue weighted by molar-refractivity contribution is 5.85. The maximum Gasteiger partial charge on any atom is 0.137 e. The molecular weight excluding hydrogens is 324 g/mol. The Bertz CT molecular complexity index is 945. The van der Waals surface area contributed by atoms with Crippen LogP contribution in [0.3, 0.4) is 0 Å². The zero-order valence-corrected chi connectivity index (χ0v) is 14.5. The molecule has 6 heteroatoms. The Morgan fingerprint density at radius 1 is 1.04 bits per heavy atom. The summed E-state index contributed by atoms with van der Waals surface area (Å²) in [5.41, 5.74) is 12.2. The molecule has 0 spiro atoms. The molecule has 0 saturated heterocycles. The summed E-state index contributed by atoms with van der Waals surface area (Å²) < 4.78 is 0. The minimum absolute atomic E-state index is 0.0459. The molecule has 0 fully saturated rings. The standard InChI is InChI=1S/C20H16N6/c1-26(2)19-10-6-16(7-11-19)20(17(13-21)14-22)12-5-15-3-8-18(9-4-15)24-25-23/h3-12H,1-2H3/b12-5+. The maximum atomic E-state index is 9.27. The van der Waals surface area contributed by atoms with Crippen LogP contribution in [0.25, 0.3) is 22.1 Å². The molecular formula is C20H16N6. The highest BCUT2D eigenvalue weighted by Crippen LogP contribution is 2.24. The topological polar surface area (TPSA) is 99.6 Å². The Hall–Kier alpha value is -3.99. The minimum Gasteiger partial charge on any atom is -0.378 e. The lowest BCUT2D eigenvalue weighted by molar-refractivity contribution is 1.13. The first-order valence-corrected chi connectivity index (χ1v) is 7.74. The quantitative estimate of drug-likeness (QED) is 0.245. The lowest BCUT2D eigenvalue weighted by Crippen LogP contribution is -2.08. The Morgan fingerprint density at radius 3 is 2.15 bits per heavy atom. The number of hydrogen-bond donors (Lipinski definition) is 0. The van der Waals surface area contributed by atoms with Gasteiger partial charge < -0.3 is 4.90 Å². The van der Waals surface area contributed by atoms with E-state index in [1.54, 1.807) is 30.3 Å². The minimum atomic E-state index is 0.0459. The highest BCUT2D eigenvalue weighted by atomic mass is 15.1. The van der Waals surface area contributed by atoms with Crippen LogP contribution in [0.4, 0.5) is 11.4 Å². The first-order chi connectivity index (χ1) is 12.6. The Balaban J connectivity index is 2.40. The fourth-order valence-corrected chi connectivity index (χ4v) is 2.29. The van der Waals surface area contributed by atoms with Gasteiger partial charge in [0.1, 0.15) is 17.7 Å². The molecule has 0 aliphatic carbocycles. The van der Waals surface area contributed by atoms with Crippen molar-refractivity contribution in [2.75, 3.05) is 19.0 Å². The van der Waals surface area contributed by atoms with Crippen LogP contribution < -0.4 is 4.90 Å². The molecule has 0 aliphatic rings. The second-order valence-electron chi connectivity index (χ2n) is 5.57. The van der Waals surface area contributed by atoms with E-state index in [9.17, 15) is 10.5 Å². The Kier molecular flexibility index (Phi) is 6.17. The van der Waals surface area contributed by atoms with E-state index in [0.29, 0.717) is 11.3 Å². The molecule has 0 bridgehead atoms. The zero-order chi connectivity index (χ0) is 18.9. The van der Waals surface area contributed by atoms with Gasteiger partial charge in [-0.15, -0.1) is 0 Å². The third-order valence-corrected chi connectivity index (χ3v) is 3.68. The molecule has 0 N–H and O–H groups in total. The molecule has 0 saturated carbocycles. The number of allylic oxidation sites excluding steroid dienone is 3. The van der Waals surface area contributed by atoms with E-state index in [4.69, 9.17) is 5.53 Å². The molecule has 0 heterocycles. The molecule has 0 aromatic heterocycles. The molecule has 26 heavy (non-hydrogen) atoms. The molecule has 2 aromatic rings. The summed E-state index contributed by atoms with van der Waals surface area (Å²) in [7, 11) is 3.89. The average molecular weight is 340 g/mol. The summed E-state index contributed by atoms with van der Waals surface area (Å²) in [6.45, 7) is 0. The number of nitrogens with zero attached hydrogens (tertiary/aromatic N) is 6. The summed E-state index contributed by atoms with van der Waals surface area (Å²) >= 11 is 0. The van der Waals surface area contributed by atoms with E-state index in [2.05, 4.69) is 10.0 Å². The van der Waals surface area contributed by atoms with Crippen molar-refractivity contribution in [1.82, 2.24) is 0 Å². The van der Waals surface area contributed by atoms with E-state index in [1.807, 2.05) is 61.5 Å². The van der Waals surface area contributed by atoms with Crippen molar-refractivity contribution in [3.63, 3.8) is 0 Å². The van der Waals surface area contributed by atoms with Crippen LogP contribution in [0.5, 0.6) is 0 Å². The summed E-state index contributed by atoms with van der Waals surface area (Å²) in [4.78, 5) is 4.71. The van der Waals surface area contributed by atoms with E-state index < -0.39 is 0 Å². The number of nitriles is 2. The van der Waals surface area contributed by atoms with Crippen molar-refractivity contribution in [2.45, 2.75) is 0 Å². The van der Waals surface area contributed by atoms with Gasteiger partial charge in [0.05, 0.1) is 0 Å². The lowest BCUT2D eigenvalue weighted by Gasteiger charge is -2.13. The Morgan fingerprint density at radius 2 is 1.65 bits per heavy atom. The molecule has 6 nitrogen and oxygen atoms in total. The predicted octanol–water partition coefficient (Wildman–Crippen LogP) is 5.21. The number of hydrogen-bond acceptors (Lipinski definition) is 4. The number of azide groups is 1. The zero-order valence-electron chi connectivity index (χ0n) is 14.5. The number of rotatable bonds is 5. The van der Waals surface area contributed by atoms with Crippen molar-refractivity contribution < 1.29 is 0 Å². The molecule has 2 rings (SSSR count). The van der Waals surface area contributed by atoms with Crippen molar-refractivity contribution >= 4 is 23.0 Å². The summed E-state index contributed by atoms with van der Waals surface area (Å²) in [6, 6.07) is 18.5. The van der Waals surface area contributed by atoms with Gasteiger partial charge in [0.25, 0.3) is 0 Å². The van der Waals surface area contributed by atoms with Gasteiger partial charge in [-0.25, -0.2) is 0 Å². The van der Waals surface area contributed by atoms with Crippen molar-refractivity contribution in [2.24, 2.45) is 5.11 Å². The lowest BCUT2D eigenvalue weighted by atomic mass is 9.99. The van der Waals surface area contributed by atoms with E-state index in [1.165, 1.54) is 0 Å². The van der Waals surface area contributed by atoms with E-state index in [-0.39, 0.29) is 5.57 Å². The van der Waals surface area contributed by atoms with Crippen LogP contribution in [0, 0.1) is 22.7 Å². The largest absolute Gasteiger partial charge is 0.378 e. The van der Waals surface area contributed by atoms with Gasteiger partial charge in [0.2, 0.25) is 0 Å². The van der Waals surface area contributed by atoms with Crippen LogP contribution in [-0.4, -0.2) is 14.1 Å². The third kappa shape index (κ3) is 4.52. The predicted molar refractivity (Wildman–Crippen MR) is 103 cm³/mol. The maximum absolute atomic E-state index is 9.27. The molecule has 0 radical (unpaired) electrons. The number of benzene rings is 2. The fourth-order valence-electron chi connectivity index (χ4n) is 2.29. The van der Waals surface area contributed by atoms with Crippen LogP contribution in [0.1, 0.15) is 11.1 Å². The van der Waals surface area contributed by atoms with Crippen LogP contribution in [0.15, 0.2) is 65.3 Å². The SMILES string of the molecule is CN(C)c1ccc(C(/C=C/c2ccc(N=[N+]=[N-])cc2)=C(C#N)C#N)cc1. The smallest absolute Gasteiger partial charge is 0.137 e. The second-order valence-corrected chi connectivity index (χ2v) is 5.57. The normalized spacial score (nSPS) is 9.69. The van der Waals surface area contributed by atoms with Gasteiger partial charge in [-0.1, -0.05) is 53.7 Å². The van der Waals surface area contributed by atoms with E-state index in [0.717, 1.165) is 16.8 Å². The molecule has 0 aliphatic heterocycles.